The molecule has 0 saturated heterocycles. The molecule has 1 N–H and O–H groups in total. The Hall–Kier alpha value is -0.870. The van der Waals surface area contributed by atoms with Crippen LogP contribution in [0.15, 0.2) is 23.1 Å². The zero-order valence-electron chi connectivity index (χ0n) is 12.1. The van der Waals surface area contributed by atoms with Crippen LogP contribution in [-0.4, -0.2) is 31.6 Å². The van der Waals surface area contributed by atoms with Crippen LogP contribution in [0.25, 0.3) is 0 Å². The maximum Gasteiger partial charge on any atom is 0.162 e. The van der Waals surface area contributed by atoms with Gasteiger partial charge in [-0.1, -0.05) is 6.92 Å². The Morgan fingerprint density at radius 1 is 1.25 bits per heavy atom. The van der Waals surface area contributed by atoms with Crippen LogP contribution in [0.5, 0.6) is 11.5 Å². The molecule has 0 radical (unpaired) electrons. The van der Waals surface area contributed by atoms with E-state index in [9.17, 15) is 0 Å². The Kier molecular flexibility index (Phi) is 4.73. The molecule has 20 heavy (non-hydrogen) atoms. The molecular weight excluding hydrogens is 270 g/mol. The van der Waals surface area contributed by atoms with Crippen molar-refractivity contribution >= 4 is 11.8 Å². The van der Waals surface area contributed by atoms with Gasteiger partial charge in [0.05, 0.1) is 13.2 Å². The van der Waals surface area contributed by atoms with Crippen LogP contribution in [0.4, 0.5) is 0 Å². The minimum absolute atomic E-state index is 0.654. The van der Waals surface area contributed by atoms with Gasteiger partial charge in [0, 0.05) is 23.1 Å². The molecule has 0 spiro atoms. The van der Waals surface area contributed by atoms with E-state index in [0.717, 1.165) is 49.3 Å². The monoisotopic (exact) mass is 293 g/mol. The summed E-state index contributed by atoms with van der Waals surface area (Å²) in [6.07, 6.45) is 3.74. The number of hydrogen-bond donors (Lipinski definition) is 1. The maximum atomic E-state index is 5.75. The van der Waals surface area contributed by atoms with E-state index in [1.807, 2.05) is 17.8 Å². The third-order valence-corrected chi connectivity index (χ3v) is 4.92. The van der Waals surface area contributed by atoms with Crippen molar-refractivity contribution in [2.24, 2.45) is 5.92 Å². The van der Waals surface area contributed by atoms with Crippen molar-refractivity contribution in [3.05, 3.63) is 18.2 Å². The van der Waals surface area contributed by atoms with Gasteiger partial charge in [-0.3, -0.25) is 0 Å². The van der Waals surface area contributed by atoms with Gasteiger partial charge < -0.3 is 14.8 Å². The molecule has 110 valence electrons. The SMILES string of the molecule is CCNC(CSc1ccc2c(c1)OCCCO2)C1CC1. The van der Waals surface area contributed by atoms with E-state index in [4.69, 9.17) is 9.47 Å². The lowest BCUT2D eigenvalue weighted by atomic mass is 10.2. The second-order valence-electron chi connectivity index (χ2n) is 5.47. The maximum absolute atomic E-state index is 5.75. The molecular formula is C16H23NO2S. The van der Waals surface area contributed by atoms with Crippen LogP contribution in [0, 0.1) is 5.92 Å². The smallest absolute Gasteiger partial charge is 0.162 e. The normalized spacial score (nSPS) is 19.4. The zero-order valence-corrected chi connectivity index (χ0v) is 12.9. The highest BCUT2D eigenvalue weighted by Gasteiger charge is 2.30. The van der Waals surface area contributed by atoms with E-state index in [1.165, 1.54) is 17.7 Å². The molecule has 1 aliphatic heterocycles. The van der Waals surface area contributed by atoms with Gasteiger partial charge in [-0.15, -0.1) is 11.8 Å². The largest absolute Gasteiger partial charge is 0.490 e. The summed E-state index contributed by atoms with van der Waals surface area (Å²) >= 11 is 1.92. The van der Waals surface area contributed by atoms with Crippen LogP contribution >= 0.6 is 11.8 Å². The first-order chi connectivity index (χ1) is 9.86. The number of fused-ring (bicyclic) bond motifs is 1. The zero-order chi connectivity index (χ0) is 13.8. The first-order valence-corrected chi connectivity index (χ1v) is 8.61. The van der Waals surface area contributed by atoms with E-state index < -0.39 is 0 Å². The van der Waals surface area contributed by atoms with Crippen LogP contribution in [0.3, 0.4) is 0 Å². The van der Waals surface area contributed by atoms with Gasteiger partial charge in [-0.05, 0) is 43.5 Å². The third kappa shape index (κ3) is 3.61. The van der Waals surface area contributed by atoms with E-state index in [0.29, 0.717) is 6.04 Å². The van der Waals surface area contributed by atoms with Crippen LogP contribution in [-0.2, 0) is 0 Å². The summed E-state index contributed by atoms with van der Waals surface area (Å²) in [6, 6.07) is 6.97. The Morgan fingerprint density at radius 3 is 2.80 bits per heavy atom. The predicted molar refractivity (Wildman–Crippen MR) is 83.0 cm³/mol. The van der Waals surface area contributed by atoms with Crippen molar-refractivity contribution in [3.63, 3.8) is 0 Å². The Labute approximate surface area is 125 Å². The number of benzene rings is 1. The topological polar surface area (TPSA) is 30.5 Å². The Balaban J connectivity index is 1.60. The van der Waals surface area contributed by atoms with Gasteiger partial charge in [0.2, 0.25) is 0 Å². The van der Waals surface area contributed by atoms with Crippen LogP contribution < -0.4 is 14.8 Å². The summed E-state index contributed by atoms with van der Waals surface area (Å²) in [7, 11) is 0. The minimum atomic E-state index is 0.654. The molecule has 0 aromatic heterocycles. The summed E-state index contributed by atoms with van der Waals surface area (Å²) in [5, 5.41) is 3.61. The summed E-state index contributed by atoms with van der Waals surface area (Å²) in [5.41, 5.74) is 0. The molecule has 0 amide bonds. The molecule has 0 bridgehead atoms. The third-order valence-electron chi connectivity index (χ3n) is 3.81. The first kappa shape index (κ1) is 14.1. The van der Waals surface area contributed by atoms with Gasteiger partial charge in [0.15, 0.2) is 11.5 Å². The summed E-state index contributed by atoms with van der Waals surface area (Å²) < 4.78 is 11.4. The molecule has 3 nitrogen and oxygen atoms in total. The second-order valence-corrected chi connectivity index (χ2v) is 6.57. The van der Waals surface area contributed by atoms with Gasteiger partial charge in [-0.2, -0.15) is 0 Å². The van der Waals surface area contributed by atoms with E-state index in [1.54, 1.807) is 0 Å². The molecule has 1 saturated carbocycles. The molecule has 1 fully saturated rings. The fourth-order valence-corrected chi connectivity index (χ4v) is 3.66. The second kappa shape index (κ2) is 6.72. The summed E-state index contributed by atoms with van der Waals surface area (Å²) in [6.45, 7) is 4.75. The lowest BCUT2D eigenvalue weighted by molar-refractivity contribution is 0.297. The van der Waals surface area contributed by atoms with Crippen LogP contribution in [0.1, 0.15) is 26.2 Å². The average molecular weight is 293 g/mol. The molecule has 1 atom stereocenters. The summed E-state index contributed by atoms with van der Waals surface area (Å²) in [5.74, 6) is 3.82. The molecule has 1 aromatic rings. The van der Waals surface area contributed by atoms with Crippen molar-refractivity contribution < 1.29 is 9.47 Å². The van der Waals surface area contributed by atoms with Gasteiger partial charge >= 0.3 is 0 Å². The van der Waals surface area contributed by atoms with Gasteiger partial charge in [0.25, 0.3) is 0 Å². The van der Waals surface area contributed by atoms with Gasteiger partial charge in [-0.25, -0.2) is 0 Å². The molecule has 3 rings (SSSR count). The van der Waals surface area contributed by atoms with Crippen LogP contribution in [0.2, 0.25) is 0 Å². The van der Waals surface area contributed by atoms with Crippen molar-refractivity contribution in [2.45, 2.75) is 37.1 Å². The fraction of sp³-hybridized carbons (Fsp3) is 0.625. The van der Waals surface area contributed by atoms with Crippen molar-refractivity contribution in [1.82, 2.24) is 5.32 Å². The van der Waals surface area contributed by atoms with E-state index in [2.05, 4.69) is 24.4 Å². The first-order valence-electron chi connectivity index (χ1n) is 7.62. The number of hydrogen-bond acceptors (Lipinski definition) is 4. The number of rotatable bonds is 6. The molecule has 1 heterocycles. The molecule has 1 unspecified atom stereocenters. The van der Waals surface area contributed by atoms with Gasteiger partial charge in [0.1, 0.15) is 0 Å². The molecule has 4 heteroatoms. The van der Waals surface area contributed by atoms with E-state index in [-0.39, 0.29) is 0 Å². The van der Waals surface area contributed by atoms with Crippen molar-refractivity contribution in [1.29, 1.82) is 0 Å². The highest BCUT2D eigenvalue weighted by Crippen LogP contribution is 2.37. The standard InChI is InChI=1S/C16H23NO2S/c1-2-17-14(12-4-5-12)11-20-13-6-7-15-16(10-13)19-9-3-8-18-15/h6-7,10,12,14,17H,2-5,8-9,11H2,1H3. The lowest BCUT2D eigenvalue weighted by Crippen LogP contribution is -2.33. The molecule has 2 aliphatic rings. The minimum Gasteiger partial charge on any atom is -0.490 e. The number of ether oxygens (including phenoxy) is 2. The summed E-state index contributed by atoms with van der Waals surface area (Å²) in [4.78, 5) is 1.28. The van der Waals surface area contributed by atoms with Crippen molar-refractivity contribution in [2.75, 3.05) is 25.5 Å². The van der Waals surface area contributed by atoms with Crippen molar-refractivity contribution in [3.8, 4) is 11.5 Å². The number of nitrogens with one attached hydrogen (secondary N) is 1. The highest BCUT2D eigenvalue weighted by molar-refractivity contribution is 7.99. The molecule has 1 aromatic carbocycles. The predicted octanol–water partition coefficient (Wildman–Crippen LogP) is 3.33. The quantitative estimate of drug-likeness (QED) is 0.815. The molecule has 1 aliphatic carbocycles. The lowest BCUT2D eigenvalue weighted by Gasteiger charge is -2.17. The van der Waals surface area contributed by atoms with E-state index >= 15 is 0 Å². The fourth-order valence-electron chi connectivity index (χ4n) is 2.54. The Morgan fingerprint density at radius 2 is 2.05 bits per heavy atom. The average Bonchev–Trinajstić information content (AvgIpc) is 3.29. The highest BCUT2D eigenvalue weighted by atomic mass is 32.2. The Bertz CT molecular complexity index is 448. The number of thioether (sulfide) groups is 1.